The molecule has 2 heterocycles. The zero-order valence-corrected chi connectivity index (χ0v) is 19.9. The molecule has 11 heteroatoms. The van der Waals surface area contributed by atoms with Crippen LogP contribution in [0.3, 0.4) is 0 Å². The van der Waals surface area contributed by atoms with Crippen molar-refractivity contribution in [2.75, 3.05) is 37.0 Å². The number of rotatable bonds is 9. The van der Waals surface area contributed by atoms with Gasteiger partial charge >= 0.3 is 0 Å². The maximum atomic E-state index is 15.4. The van der Waals surface area contributed by atoms with Gasteiger partial charge in [-0.3, -0.25) is 30.5 Å². The molecule has 1 aliphatic heterocycles. The van der Waals surface area contributed by atoms with Crippen LogP contribution < -0.4 is 15.8 Å². The van der Waals surface area contributed by atoms with Crippen LogP contribution in [0, 0.1) is 24.6 Å². The van der Waals surface area contributed by atoms with Crippen molar-refractivity contribution < 1.29 is 19.2 Å². The zero-order chi connectivity index (χ0) is 24.1. The fraction of sp³-hybridized carbons (Fsp3) is 0.727. The standard InChI is InChI=1S/C22H36FN7O3/c1-14-15(2)30(10-9-28(14)4)21-19(23)20(24-16(3)25-21)26-27-22(32)18(12-29(33)13-31)11-17-7-5-6-8-17/h13-15,17-18,33H,5-12H2,1-4H3,(H,27,32)(H,24,25,26)/t14-,15+,18+/m0/s1. The van der Waals surface area contributed by atoms with Crippen LogP contribution in [0.2, 0.25) is 0 Å². The predicted octanol–water partition coefficient (Wildman–Crippen LogP) is 1.94. The number of hydrazine groups is 1. The van der Waals surface area contributed by atoms with Crippen molar-refractivity contribution >= 4 is 24.0 Å². The van der Waals surface area contributed by atoms with Gasteiger partial charge in [-0.05, 0) is 40.2 Å². The molecule has 184 valence electrons. The molecule has 1 aliphatic carbocycles. The van der Waals surface area contributed by atoms with Gasteiger partial charge in [-0.25, -0.2) is 15.0 Å². The monoisotopic (exact) mass is 465 g/mol. The van der Waals surface area contributed by atoms with E-state index >= 15 is 4.39 Å². The summed E-state index contributed by atoms with van der Waals surface area (Å²) in [6.45, 7) is 7.09. The van der Waals surface area contributed by atoms with Crippen molar-refractivity contribution in [1.82, 2.24) is 25.4 Å². The van der Waals surface area contributed by atoms with Crippen LogP contribution in [0.25, 0.3) is 0 Å². The Hall–Kier alpha value is -2.53. The highest BCUT2D eigenvalue weighted by Gasteiger charge is 2.32. The summed E-state index contributed by atoms with van der Waals surface area (Å²) < 4.78 is 15.4. The van der Waals surface area contributed by atoms with Gasteiger partial charge in [0, 0.05) is 25.2 Å². The number of aryl methyl sites for hydroxylation is 1. The van der Waals surface area contributed by atoms with Crippen molar-refractivity contribution in [3.05, 3.63) is 11.6 Å². The summed E-state index contributed by atoms with van der Waals surface area (Å²) in [6, 6.07) is 0.268. The number of nitrogens with zero attached hydrogens (tertiary/aromatic N) is 5. The lowest BCUT2D eigenvalue weighted by atomic mass is 9.92. The Morgan fingerprint density at radius 2 is 1.97 bits per heavy atom. The fourth-order valence-electron chi connectivity index (χ4n) is 4.82. The van der Waals surface area contributed by atoms with Crippen molar-refractivity contribution in [1.29, 1.82) is 0 Å². The Labute approximate surface area is 194 Å². The summed E-state index contributed by atoms with van der Waals surface area (Å²) >= 11 is 0. The second-order valence-electron chi connectivity index (χ2n) is 9.34. The van der Waals surface area contributed by atoms with Crippen LogP contribution in [0.4, 0.5) is 16.0 Å². The van der Waals surface area contributed by atoms with Gasteiger partial charge < -0.3 is 4.90 Å². The SMILES string of the molecule is Cc1nc(NNC(=O)[C@H](CC2CCCC2)CN(O)C=O)c(F)c(N2CCN(C)[C@@H](C)[C@H]2C)n1. The minimum absolute atomic E-state index is 0.0460. The highest BCUT2D eigenvalue weighted by molar-refractivity contribution is 5.80. The number of hydrogen-bond acceptors (Lipinski definition) is 8. The average Bonchev–Trinajstić information content (AvgIpc) is 3.30. The van der Waals surface area contributed by atoms with Crippen molar-refractivity contribution in [2.24, 2.45) is 11.8 Å². The van der Waals surface area contributed by atoms with Gasteiger partial charge in [0.2, 0.25) is 18.1 Å². The number of amides is 2. The van der Waals surface area contributed by atoms with Crippen LogP contribution in [-0.2, 0) is 9.59 Å². The maximum Gasteiger partial charge on any atom is 0.243 e. The number of hydroxylamine groups is 2. The van der Waals surface area contributed by atoms with E-state index in [0.29, 0.717) is 29.8 Å². The number of anilines is 2. The summed E-state index contributed by atoms with van der Waals surface area (Å²) in [7, 11) is 2.04. The Morgan fingerprint density at radius 3 is 2.64 bits per heavy atom. The summed E-state index contributed by atoms with van der Waals surface area (Å²) in [5, 5.41) is 10.1. The quantitative estimate of drug-likeness (QED) is 0.288. The van der Waals surface area contributed by atoms with Crippen LogP contribution in [0.1, 0.15) is 51.8 Å². The molecular formula is C22H36FN7O3. The molecule has 1 saturated carbocycles. The van der Waals surface area contributed by atoms with E-state index in [9.17, 15) is 14.8 Å². The van der Waals surface area contributed by atoms with E-state index in [1.165, 1.54) is 0 Å². The van der Waals surface area contributed by atoms with Crippen molar-refractivity contribution in [3.63, 3.8) is 0 Å². The Morgan fingerprint density at radius 1 is 1.27 bits per heavy atom. The Balaban J connectivity index is 1.72. The van der Waals surface area contributed by atoms with Crippen LogP contribution >= 0.6 is 0 Å². The largest absolute Gasteiger partial charge is 0.348 e. The van der Waals surface area contributed by atoms with Gasteiger partial charge in [-0.15, -0.1) is 0 Å². The van der Waals surface area contributed by atoms with Crippen molar-refractivity contribution in [3.8, 4) is 0 Å². The molecular weight excluding hydrogens is 429 g/mol. The minimum atomic E-state index is -0.631. The van der Waals surface area contributed by atoms with E-state index in [0.717, 1.165) is 32.2 Å². The first-order valence-electron chi connectivity index (χ1n) is 11.7. The molecule has 0 unspecified atom stereocenters. The third kappa shape index (κ3) is 6.08. The van der Waals surface area contributed by atoms with E-state index in [1.54, 1.807) is 6.92 Å². The maximum absolute atomic E-state index is 15.4. The van der Waals surface area contributed by atoms with Gasteiger partial charge in [-0.1, -0.05) is 25.7 Å². The van der Waals surface area contributed by atoms with Gasteiger partial charge in [0.05, 0.1) is 12.5 Å². The van der Waals surface area contributed by atoms with Crippen LogP contribution in [-0.4, -0.2) is 76.2 Å². The summed E-state index contributed by atoms with van der Waals surface area (Å²) in [6.07, 6.45) is 5.10. The summed E-state index contributed by atoms with van der Waals surface area (Å²) in [5.41, 5.74) is 5.14. The summed E-state index contributed by atoms with van der Waals surface area (Å²) in [4.78, 5) is 36.4. The zero-order valence-electron chi connectivity index (χ0n) is 19.9. The number of carbonyl (C=O) groups excluding carboxylic acids is 2. The Bertz CT molecular complexity index is 836. The van der Waals surface area contributed by atoms with Crippen LogP contribution in [0.15, 0.2) is 0 Å². The Kier molecular flexibility index (Phi) is 8.41. The van der Waals surface area contributed by atoms with E-state index in [4.69, 9.17) is 0 Å². The molecule has 1 aromatic rings. The molecule has 1 aromatic heterocycles. The molecule has 3 rings (SSSR count). The van der Waals surface area contributed by atoms with Gasteiger partial charge in [0.15, 0.2) is 11.6 Å². The molecule has 1 saturated heterocycles. The van der Waals surface area contributed by atoms with Gasteiger partial charge in [-0.2, -0.15) is 4.39 Å². The van der Waals surface area contributed by atoms with Crippen molar-refractivity contribution in [2.45, 2.75) is 65.0 Å². The molecule has 3 atom stereocenters. The lowest BCUT2D eigenvalue weighted by Crippen LogP contribution is -2.56. The van der Waals surface area contributed by atoms with Gasteiger partial charge in [0.1, 0.15) is 5.82 Å². The first kappa shape index (κ1) is 25.1. The molecule has 3 N–H and O–H groups in total. The average molecular weight is 466 g/mol. The molecule has 0 bridgehead atoms. The van der Waals surface area contributed by atoms with Crippen LogP contribution in [0.5, 0.6) is 0 Å². The lowest BCUT2D eigenvalue weighted by Gasteiger charge is -2.44. The lowest BCUT2D eigenvalue weighted by molar-refractivity contribution is -0.154. The normalized spacial score (nSPS) is 22.8. The molecule has 2 fully saturated rings. The second kappa shape index (κ2) is 11.1. The van der Waals surface area contributed by atoms with E-state index in [-0.39, 0.29) is 36.7 Å². The first-order valence-corrected chi connectivity index (χ1v) is 11.7. The predicted molar refractivity (Wildman–Crippen MR) is 122 cm³/mol. The minimum Gasteiger partial charge on any atom is -0.348 e. The number of likely N-dealkylation sites (N-methyl/N-ethyl adjacent to an activating group) is 1. The first-order chi connectivity index (χ1) is 15.7. The van der Waals surface area contributed by atoms with E-state index in [2.05, 4.69) is 32.6 Å². The molecule has 10 nitrogen and oxygen atoms in total. The highest BCUT2D eigenvalue weighted by atomic mass is 19.1. The molecule has 0 radical (unpaired) electrons. The second-order valence-corrected chi connectivity index (χ2v) is 9.34. The molecule has 0 spiro atoms. The molecule has 33 heavy (non-hydrogen) atoms. The molecule has 0 aromatic carbocycles. The third-order valence-electron chi connectivity index (χ3n) is 7.09. The third-order valence-corrected chi connectivity index (χ3v) is 7.09. The topological polar surface area (TPSA) is 114 Å². The molecule has 2 aliphatic rings. The number of piperazine rings is 1. The smallest absolute Gasteiger partial charge is 0.243 e. The number of halogens is 1. The number of aromatic nitrogens is 2. The molecule has 2 amide bonds. The number of nitrogens with one attached hydrogen (secondary N) is 2. The fourth-order valence-corrected chi connectivity index (χ4v) is 4.82. The number of carbonyl (C=O) groups is 2. The summed E-state index contributed by atoms with van der Waals surface area (Å²) in [5.74, 6) is -0.842. The highest BCUT2D eigenvalue weighted by Crippen LogP contribution is 2.31. The number of hydrogen-bond donors (Lipinski definition) is 3. The van der Waals surface area contributed by atoms with E-state index in [1.807, 2.05) is 18.9 Å². The van der Waals surface area contributed by atoms with E-state index < -0.39 is 17.6 Å². The van der Waals surface area contributed by atoms with Gasteiger partial charge in [0.25, 0.3) is 0 Å².